The zero-order valence-electron chi connectivity index (χ0n) is 15.5. The summed E-state index contributed by atoms with van der Waals surface area (Å²) in [6.07, 6.45) is 4.51. The number of rotatable bonds is 8. The van der Waals surface area contributed by atoms with Crippen LogP contribution in [-0.2, 0) is 11.3 Å². The van der Waals surface area contributed by atoms with E-state index < -0.39 is 5.97 Å². The molecule has 0 aromatic heterocycles. The van der Waals surface area contributed by atoms with Gasteiger partial charge in [0, 0.05) is 29.7 Å². The summed E-state index contributed by atoms with van der Waals surface area (Å²) in [4.78, 5) is 15.5. The summed E-state index contributed by atoms with van der Waals surface area (Å²) in [5, 5.41) is 13.6. The van der Waals surface area contributed by atoms with Crippen LogP contribution in [-0.4, -0.2) is 65.2 Å². The number of likely N-dealkylation sites (N-methyl/N-ethyl adjacent to an activating group) is 1. The normalized spacial score (nSPS) is 24.6. The maximum absolute atomic E-state index is 10.9. The van der Waals surface area contributed by atoms with E-state index in [0.29, 0.717) is 18.1 Å². The van der Waals surface area contributed by atoms with E-state index in [0.717, 1.165) is 44.0 Å². The molecule has 1 aliphatic heterocycles. The molecule has 1 saturated heterocycles. The summed E-state index contributed by atoms with van der Waals surface area (Å²) in [5.74, 6) is -0.726. The average molecular weight is 380 g/mol. The van der Waals surface area contributed by atoms with Gasteiger partial charge in [-0.2, -0.15) is 0 Å². The second kappa shape index (κ2) is 9.18. The van der Waals surface area contributed by atoms with Crippen molar-refractivity contribution in [3.05, 3.63) is 34.9 Å². The van der Waals surface area contributed by atoms with Crippen molar-refractivity contribution >= 4 is 17.6 Å². The van der Waals surface area contributed by atoms with Crippen molar-refractivity contribution in [2.24, 2.45) is 0 Å². The molecule has 5 nitrogen and oxygen atoms in total. The number of hydrogen-bond acceptors (Lipinski definition) is 4. The fourth-order valence-electron chi connectivity index (χ4n) is 4.13. The predicted octanol–water partition coefficient (Wildman–Crippen LogP) is 2.83. The number of benzene rings is 1. The summed E-state index contributed by atoms with van der Waals surface area (Å²) in [6, 6.07) is 9.71. The molecule has 0 atom stereocenters. The average Bonchev–Trinajstić information content (AvgIpc) is 2.59. The molecule has 3 rings (SSSR count). The number of nitrogens with zero attached hydrogens (tertiary/aromatic N) is 2. The van der Waals surface area contributed by atoms with Crippen LogP contribution in [0, 0.1) is 0 Å². The summed E-state index contributed by atoms with van der Waals surface area (Å²) < 4.78 is 0. The molecular weight excluding hydrogens is 350 g/mol. The molecule has 2 N–H and O–H groups in total. The Balaban J connectivity index is 1.35. The first-order chi connectivity index (χ1) is 12.5. The van der Waals surface area contributed by atoms with Gasteiger partial charge in [0.1, 0.15) is 0 Å². The molecule has 0 spiro atoms. The molecule has 1 aromatic rings. The highest BCUT2D eigenvalue weighted by Gasteiger charge is 2.35. The van der Waals surface area contributed by atoms with Gasteiger partial charge in [-0.3, -0.25) is 14.6 Å². The van der Waals surface area contributed by atoms with Crippen molar-refractivity contribution in [1.29, 1.82) is 0 Å². The van der Waals surface area contributed by atoms with Gasteiger partial charge in [0.2, 0.25) is 0 Å². The quantitative estimate of drug-likeness (QED) is 0.727. The van der Waals surface area contributed by atoms with Gasteiger partial charge in [0.25, 0.3) is 0 Å². The lowest BCUT2D eigenvalue weighted by Gasteiger charge is -2.45. The first-order valence-corrected chi connectivity index (χ1v) is 10.1. The number of likely N-dealkylation sites (tertiary alicyclic amines) is 1. The Hall–Kier alpha value is -1.14. The van der Waals surface area contributed by atoms with Crippen molar-refractivity contribution in [2.45, 2.75) is 57.3 Å². The Labute approximate surface area is 161 Å². The van der Waals surface area contributed by atoms with Crippen molar-refractivity contribution in [3.8, 4) is 0 Å². The molecule has 0 amide bonds. The monoisotopic (exact) mass is 379 g/mol. The van der Waals surface area contributed by atoms with Crippen LogP contribution in [0.25, 0.3) is 0 Å². The highest BCUT2D eigenvalue weighted by molar-refractivity contribution is 6.30. The molecule has 2 fully saturated rings. The van der Waals surface area contributed by atoms with Crippen LogP contribution < -0.4 is 5.32 Å². The minimum atomic E-state index is -0.726. The van der Waals surface area contributed by atoms with Crippen LogP contribution in [0.2, 0.25) is 5.02 Å². The van der Waals surface area contributed by atoms with E-state index in [1.807, 2.05) is 19.1 Å². The number of nitrogens with one attached hydrogen (secondary N) is 1. The standard InChI is InChI=1S/C20H30ClN3O2/c1-2-24(14-20(25)26)19-11-18(12-19)22-17-7-9-23(10-8-17)13-15-3-5-16(21)6-4-15/h3-6,17-19,22H,2,7-14H2,1H3,(H,25,26). The second-order valence-corrected chi connectivity index (χ2v) is 8.06. The Morgan fingerprint density at radius 1 is 1.23 bits per heavy atom. The minimum absolute atomic E-state index is 0.164. The molecular formula is C20H30ClN3O2. The third kappa shape index (κ3) is 5.43. The molecule has 6 heteroatoms. The van der Waals surface area contributed by atoms with Gasteiger partial charge in [-0.05, 0) is 63.0 Å². The van der Waals surface area contributed by atoms with Gasteiger partial charge in [-0.25, -0.2) is 0 Å². The lowest BCUT2D eigenvalue weighted by molar-refractivity contribution is -0.139. The van der Waals surface area contributed by atoms with Gasteiger partial charge >= 0.3 is 5.97 Å². The smallest absolute Gasteiger partial charge is 0.317 e. The van der Waals surface area contributed by atoms with Crippen molar-refractivity contribution in [1.82, 2.24) is 15.1 Å². The zero-order valence-corrected chi connectivity index (χ0v) is 16.3. The summed E-state index contributed by atoms with van der Waals surface area (Å²) in [7, 11) is 0. The third-order valence-electron chi connectivity index (χ3n) is 5.75. The molecule has 0 unspecified atom stereocenters. The lowest BCUT2D eigenvalue weighted by Crippen LogP contribution is -2.56. The Morgan fingerprint density at radius 2 is 1.88 bits per heavy atom. The molecule has 1 saturated carbocycles. The van der Waals surface area contributed by atoms with Gasteiger partial charge in [-0.1, -0.05) is 30.7 Å². The number of carbonyl (C=O) groups is 1. The van der Waals surface area contributed by atoms with E-state index in [1.165, 1.54) is 18.4 Å². The summed E-state index contributed by atoms with van der Waals surface area (Å²) in [5.41, 5.74) is 1.32. The lowest BCUT2D eigenvalue weighted by atomic mass is 9.84. The fourth-order valence-corrected chi connectivity index (χ4v) is 4.26. The maximum atomic E-state index is 10.9. The second-order valence-electron chi connectivity index (χ2n) is 7.62. The Bertz CT molecular complexity index is 581. The highest BCUT2D eigenvalue weighted by Crippen LogP contribution is 2.27. The molecule has 2 aliphatic rings. The largest absolute Gasteiger partial charge is 0.480 e. The van der Waals surface area contributed by atoms with E-state index in [-0.39, 0.29) is 6.54 Å². The van der Waals surface area contributed by atoms with Gasteiger partial charge in [-0.15, -0.1) is 0 Å². The Kier molecular flexibility index (Phi) is 6.92. The van der Waals surface area contributed by atoms with E-state index in [4.69, 9.17) is 16.7 Å². The minimum Gasteiger partial charge on any atom is -0.480 e. The van der Waals surface area contributed by atoms with Crippen LogP contribution in [0.15, 0.2) is 24.3 Å². The van der Waals surface area contributed by atoms with Crippen molar-refractivity contribution in [3.63, 3.8) is 0 Å². The molecule has 0 radical (unpaired) electrons. The van der Waals surface area contributed by atoms with Crippen LogP contribution in [0.3, 0.4) is 0 Å². The first kappa shape index (κ1) is 19.6. The van der Waals surface area contributed by atoms with Crippen LogP contribution in [0.1, 0.15) is 38.2 Å². The summed E-state index contributed by atoms with van der Waals surface area (Å²) >= 11 is 5.95. The molecule has 0 bridgehead atoms. The molecule has 144 valence electrons. The number of aliphatic carboxylic acids is 1. The van der Waals surface area contributed by atoms with Gasteiger partial charge < -0.3 is 10.4 Å². The van der Waals surface area contributed by atoms with E-state index in [2.05, 4.69) is 27.2 Å². The zero-order chi connectivity index (χ0) is 18.5. The van der Waals surface area contributed by atoms with Crippen LogP contribution >= 0.6 is 11.6 Å². The molecule has 1 aromatic carbocycles. The summed E-state index contributed by atoms with van der Waals surface area (Å²) in [6.45, 7) is 6.26. The van der Waals surface area contributed by atoms with E-state index in [1.54, 1.807) is 0 Å². The number of carboxylic acid groups (broad SMARTS) is 1. The Morgan fingerprint density at radius 3 is 2.46 bits per heavy atom. The fraction of sp³-hybridized carbons (Fsp3) is 0.650. The molecule has 1 heterocycles. The number of carboxylic acids is 1. The predicted molar refractivity (Wildman–Crippen MR) is 105 cm³/mol. The van der Waals surface area contributed by atoms with Crippen molar-refractivity contribution < 1.29 is 9.90 Å². The van der Waals surface area contributed by atoms with Crippen molar-refractivity contribution in [2.75, 3.05) is 26.2 Å². The number of piperidine rings is 1. The van der Waals surface area contributed by atoms with Gasteiger partial charge in [0.15, 0.2) is 0 Å². The van der Waals surface area contributed by atoms with Crippen LogP contribution in [0.4, 0.5) is 0 Å². The third-order valence-corrected chi connectivity index (χ3v) is 6.00. The molecule has 1 aliphatic carbocycles. The number of halogens is 1. The topological polar surface area (TPSA) is 55.8 Å². The van der Waals surface area contributed by atoms with Crippen LogP contribution in [0.5, 0.6) is 0 Å². The van der Waals surface area contributed by atoms with Gasteiger partial charge in [0.05, 0.1) is 6.54 Å². The maximum Gasteiger partial charge on any atom is 0.317 e. The number of hydrogen-bond donors (Lipinski definition) is 2. The first-order valence-electron chi connectivity index (χ1n) is 9.72. The highest BCUT2D eigenvalue weighted by atomic mass is 35.5. The molecule has 26 heavy (non-hydrogen) atoms. The SMILES string of the molecule is CCN(CC(=O)O)C1CC(NC2CCN(Cc3ccc(Cl)cc3)CC2)C1. The van der Waals surface area contributed by atoms with E-state index in [9.17, 15) is 4.79 Å². The van der Waals surface area contributed by atoms with E-state index >= 15 is 0 Å².